The van der Waals surface area contributed by atoms with Gasteiger partial charge in [0.05, 0.1) is 32.8 Å². The van der Waals surface area contributed by atoms with E-state index < -0.39 is 0 Å². The molecule has 0 unspecified atom stereocenters. The van der Waals surface area contributed by atoms with Gasteiger partial charge in [-0.3, -0.25) is 0 Å². The third-order valence-electron chi connectivity index (χ3n) is 4.05. The van der Waals surface area contributed by atoms with Gasteiger partial charge in [-0.05, 0) is 12.1 Å². The molecular weight excluding hydrogens is 390 g/mol. The van der Waals surface area contributed by atoms with Crippen molar-refractivity contribution in [3.8, 4) is 22.8 Å². The molecule has 0 aliphatic carbocycles. The van der Waals surface area contributed by atoms with Crippen molar-refractivity contribution in [3.05, 3.63) is 39.0 Å². The zero-order valence-corrected chi connectivity index (χ0v) is 17.5. The lowest BCUT2D eigenvalue weighted by Crippen LogP contribution is -2.24. The van der Waals surface area contributed by atoms with Gasteiger partial charge < -0.3 is 22.1 Å². The SMILES string of the molecule is NCCNCCc1nc(-c2cccc(-c3csc(CCNCCN)n3)n2)cs1. The van der Waals surface area contributed by atoms with Crippen LogP contribution in [0.2, 0.25) is 0 Å². The van der Waals surface area contributed by atoms with E-state index in [-0.39, 0.29) is 0 Å². The van der Waals surface area contributed by atoms with Crippen LogP contribution in [0.5, 0.6) is 0 Å². The predicted octanol–water partition coefficient (Wildman–Crippen LogP) is 1.51. The van der Waals surface area contributed by atoms with Crippen molar-refractivity contribution < 1.29 is 0 Å². The molecule has 0 bridgehead atoms. The molecule has 0 fully saturated rings. The number of thiazole rings is 2. The van der Waals surface area contributed by atoms with E-state index in [1.807, 2.05) is 18.2 Å². The molecule has 0 radical (unpaired) electrons. The number of rotatable bonds is 12. The van der Waals surface area contributed by atoms with Crippen LogP contribution in [0, 0.1) is 0 Å². The summed E-state index contributed by atoms with van der Waals surface area (Å²) in [6.07, 6.45) is 1.80. The molecule has 9 heteroatoms. The molecule has 0 atom stereocenters. The van der Waals surface area contributed by atoms with E-state index in [0.29, 0.717) is 13.1 Å². The predicted molar refractivity (Wildman–Crippen MR) is 118 cm³/mol. The van der Waals surface area contributed by atoms with E-state index >= 15 is 0 Å². The monoisotopic (exact) mass is 417 g/mol. The first kappa shape index (κ1) is 21.0. The Morgan fingerprint density at radius 2 is 1.18 bits per heavy atom. The molecule has 0 aliphatic heterocycles. The molecule has 3 aromatic rings. The number of aromatic nitrogens is 3. The van der Waals surface area contributed by atoms with Crippen molar-refractivity contribution in [2.75, 3.05) is 39.3 Å². The fourth-order valence-electron chi connectivity index (χ4n) is 2.65. The molecule has 3 aromatic heterocycles. The lowest BCUT2D eigenvalue weighted by Gasteiger charge is -2.01. The summed E-state index contributed by atoms with van der Waals surface area (Å²) >= 11 is 3.34. The summed E-state index contributed by atoms with van der Waals surface area (Å²) in [5.41, 5.74) is 14.6. The fourth-order valence-corrected chi connectivity index (χ4v) is 4.24. The number of nitrogens with zero attached hydrogens (tertiary/aromatic N) is 3. The molecule has 150 valence electrons. The zero-order chi connectivity index (χ0) is 19.6. The standard InChI is InChI=1S/C19H27N7S2/c20-6-10-22-8-4-18-25-16(12-27-18)14-2-1-3-15(24-14)17-13-28-19(26-17)5-9-23-11-7-21/h1-3,12-13,22-23H,4-11,20-21H2. The van der Waals surface area contributed by atoms with E-state index in [0.717, 1.165) is 71.8 Å². The highest BCUT2D eigenvalue weighted by molar-refractivity contribution is 7.10. The minimum atomic E-state index is 0.655. The van der Waals surface area contributed by atoms with Gasteiger partial charge >= 0.3 is 0 Å². The van der Waals surface area contributed by atoms with Gasteiger partial charge in [-0.1, -0.05) is 6.07 Å². The van der Waals surface area contributed by atoms with Crippen LogP contribution in [0.25, 0.3) is 22.8 Å². The van der Waals surface area contributed by atoms with Gasteiger partial charge in [0.2, 0.25) is 0 Å². The Labute approximate surface area is 173 Å². The van der Waals surface area contributed by atoms with E-state index in [2.05, 4.69) is 21.4 Å². The van der Waals surface area contributed by atoms with Gasteiger partial charge in [0.1, 0.15) is 0 Å². The number of hydrogen-bond acceptors (Lipinski definition) is 9. The minimum Gasteiger partial charge on any atom is -0.329 e. The summed E-state index contributed by atoms with van der Waals surface area (Å²) in [4.78, 5) is 14.2. The summed E-state index contributed by atoms with van der Waals surface area (Å²) in [6.45, 7) is 4.75. The summed E-state index contributed by atoms with van der Waals surface area (Å²) in [6, 6.07) is 6.01. The Kier molecular flexibility index (Phi) is 8.46. The maximum absolute atomic E-state index is 5.49. The molecule has 0 amide bonds. The molecule has 0 aromatic carbocycles. The van der Waals surface area contributed by atoms with E-state index in [4.69, 9.17) is 26.4 Å². The first-order valence-electron chi connectivity index (χ1n) is 9.48. The summed E-state index contributed by atoms with van der Waals surface area (Å²) in [7, 11) is 0. The van der Waals surface area contributed by atoms with Crippen LogP contribution < -0.4 is 22.1 Å². The highest BCUT2D eigenvalue weighted by atomic mass is 32.1. The van der Waals surface area contributed by atoms with Crippen molar-refractivity contribution in [1.29, 1.82) is 0 Å². The molecule has 7 nitrogen and oxygen atoms in total. The molecule has 0 saturated carbocycles. The second kappa shape index (κ2) is 11.3. The van der Waals surface area contributed by atoms with Crippen molar-refractivity contribution in [2.24, 2.45) is 11.5 Å². The van der Waals surface area contributed by atoms with Crippen molar-refractivity contribution >= 4 is 22.7 Å². The van der Waals surface area contributed by atoms with Gasteiger partial charge in [-0.2, -0.15) is 0 Å². The molecule has 6 N–H and O–H groups in total. The maximum atomic E-state index is 5.49. The van der Waals surface area contributed by atoms with Gasteiger partial charge in [-0.15, -0.1) is 22.7 Å². The second-order valence-corrected chi connectivity index (χ2v) is 8.12. The van der Waals surface area contributed by atoms with Gasteiger partial charge in [0.25, 0.3) is 0 Å². The van der Waals surface area contributed by atoms with Gasteiger partial charge in [0, 0.05) is 62.9 Å². The minimum absolute atomic E-state index is 0.655. The van der Waals surface area contributed by atoms with Crippen LogP contribution in [-0.4, -0.2) is 54.2 Å². The average Bonchev–Trinajstić information content (AvgIpc) is 3.39. The van der Waals surface area contributed by atoms with Crippen LogP contribution in [0.15, 0.2) is 29.0 Å². The molecule has 3 heterocycles. The van der Waals surface area contributed by atoms with Crippen molar-refractivity contribution in [1.82, 2.24) is 25.6 Å². The Bertz CT molecular complexity index is 781. The fraction of sp³-hybridized carbons (Fsp3) is 0.421. The largest absolute Gasteiger partial charge is 0.329 e. The van der Waals surface area contributed by atoms with Crippen LogP contribution >= 0.6 is 22.7 Å². The number of pyridine rings is 1. The molecule has 0 spiro atoms. The molecule has 0 aliphatic rings. The molecular formula is C19H27N7S2. The Morgan fingerprint density at radius 3 is 1.64 bits per heavy atom. The maximum Gasteiger partial charge on any atom is 0.0998 e. The first-order valence-corrected chi connectivity index (χ1v) is 11.2. The number of nitrogens with two attached hydrogens (primary N) is 2. The van der Waals surface area contributed by atoms with Crippen LogP contribution in [-0.2, 0) is 12.8 Å². The van der Waals surface area contributed by atoms with E-state index in [1.54, 1.807) is 22.7 Å². The lowest BCUT2D eigenvalue weighted by atomic mass is 10.2. The summed E-state index contributed by atoms with van der Waals surface area (Å²) < 4.78 is 0. The molecule has 0 saturated heterocycles. The highest BCUT2D eigenvalue weighted by Crippen LogP contribution is 2.25. The smallest absolute Gasteiger partial charge is 0.0998 e. The van der Waals surface area contributed by atoms with Crippen molar-refractivity contribution in [2.45, 2.75) is 12.8 Å². The Morgan fingerprint density at radius 1 is 0.679 bits per heavy atom. The van der Waals surface area contributed by atoms with Gasteiger partial charge in [0.15, 0.2) is 0 Å². The van der Waals surface area contributed by atoms with Crippen LogP contribution in [0.3, 0.4) is 0 Å². The molecule has 3 rings (SSSR count). The highest BCUT2D eigenvalue weighted by Gasteiger charge is 2.10. The number of nitrogens with one attached hydrogen (secondary N) is 2. The van der Waals surface area contributed by atoms with Crippen LogP contribution in [0.4, 0.5) is 0 Å². The van der Waals surface area contributed by atoms with E-state index in [1.165, 1.54) is 0 Å². The number of hydrogen-bond donors (Lipinski definition) is 4. The lowest BCUT2D eigenvalue weighted by molar-refractivity contribution is 0.687. The normalized spacial score (nSPS) is 11.2. The summed E-state index contributed by atoms with van der Waals surface area (Å²) in [5, 5.41) is 12.9. The zero-order valence-electron chi connectivity index (χ0n) is 15.9. The van der Waals surface area contributed by atoms with Crippen LogP contribution in [0.1, 0.15) is 10.0 Å². The second-order valence-electron chi connectivity index (χ2n) is 6.24. The third-order valence-corrected chi connectivity index (χ3v) is 5.87. The summed E-state index contributed by atoms with van der Waals surface area (Å²) in [5.74, 6) is 0. The van der Waals surface area contributed by atoms with Crippen molar-refractivity contribution in [3.63, 3.8) is 0 Å². The topological polar surface area (TPSA) is 115 Å². The van der Waals surface area contributed by atoms with Gasteiger partial charge in [-0.25, -0.2) is 15.0 Å². The quantitative estimate of drug-likeness (QED) is 0.330. The average molecular weight is 418 g/mol. The first-order chi connectivity index (χ1) is 13.8. The third kappa shape index (κ3) is 6.13. The van der Waals surface area contributed by atoms with E-state index in [9.17, 15) is 0 Å². The Hall–Kier alpha value is -1.75. The molecule has 28 heavy (non-hydrogen) atoms. The Balaban J connectivity index is 1.63.